The van der Waals surface area contributed by atoms with Crippen molar-refractivity contribution >= 4 is 22.9 Å². The number of para-hydroxylation sites is 1. The molecule has 1 aromatic heterocycles. The van der Waals surface area contributed by atoms with Crippen LogP contribution in [-0.4, -0.2) is 21.2 Å². The molecule has 0 spiro atoms. The minimum absolute atomic E-state index is 0.132. The fourth-order valence-corrected chi connectivity index (χ4v) is 2.93. The van der Waals surface area contributed by atoms with Gasteiger partial charge in [-0.15, -0.1) is 0 Å². The molecule has 0 aliphatic rings. The molecule has 28 heavy (non-hydrogen) atoms. The molecule has 4 rings (SSSR count). The van der Waals surface area contributed by atoms with E-state index in [4.69, 9.17) is 0 Å². The number of phenols is 1. The summed E-state index contributed by atoms with van der Waals surface area (Å²) in [5.74, 6) is -0.524. The molecule has 0 saturated heterocycles. The molecule has 0 aliphatic carbocycles. The van der Waals surface area contributed by atoms with Crippen LogP contribution < -0.4 is 5.32 Å². The lowest BCUT2D eigenvalue weighted by molar-refractivity contribution is 0.0970. The lowest BCUT2D eigenvalue weighted by Crippen LogP contribution is -2.16. The molecule has 138 valence electrons. The fraction of sp³-hybridized carbons (Fsp3) is 0. The molecule has 3 N–H and O–H groups in total. The molecule has 1 heterocycles. The first kappa shape index (κ1) is 17.5. The Kier molecular flexibility index (Phi) is 4.60. The van der Waals surface area contributed by atoms with Crippen LogP contribution in [-0.2, 0) is 0 Å². The van der Waals surface area contributed by atoms with Crippen molar-refractivity contribution in [2.75, 3.05) is 0 Å². The van der Waals surface area contributed by atoms with Crippen LogP contribution in [0.4, 0.5) is 4.39 Å². The number of halogens is 1. The van der Waals surface area contributed by atoms with Gasteiger partial charge in [0.05, 0.1) is 5.52 Å². The monoisotopic (exact) mass is 373 g/mol. The van der Waals surface area contributed by atoms with Crippen molar-refractivity contribution in [2.45, 2.75) is 0 Å². The summed E-state index contributed by atoms with van der Waals surface area (Å²) in [5, 5.41) is 20.3. The Balaban J connectivity index is 1.60. The van der Waals surface area contributed by atoms with Gasteiger partial charge >= 0.3 is 0 Å². The second-order valence-corrected chi connectivity index (χ2v) is 6.21. The van der Waals surface area contributed by atoms with Gasteiger partial charge in [-0.1, -0.05) is 30.3 Å². The Morgan fingerprint density at radius 2 is 1.93 bits per heavy atom. The molecule has 0 saturated carbocycles. The van der Waals surface area contributed by atoms with Crippen LogP contribution in [0.5, 0.6) is 5.75 Å². The van der Waals surface area contributed by atoms with Crippen LogP contribution in [0.1, 0.15) is 15.9 Å². The highest BCUT2D eigenvalue weighted by Gasteiger charge is 2.12. The first-order chi connectivity index (χ1) is 13.6. The highest BCUT2D eigenvalue weighted by molar-refractivity contribution is 6.01. The van der Waals surface area contributed by atoms with Crippen LogP contribution in [0.3, 0.4) is 0 Å². The third kappa shape index (κ3) is 3.48. The van der Waals surface area contributed by atoms with Crippen molar-refractivity contribution in [3.63, 3.8) is 0 Å². The second-order valence-electron chi connectivity index (χ2n) is 6.21. The molecule has 5 nitrogen and oxygen atoms in total. The summed E-state index contributed by atoms with van der Waals surface area (Å²) in [7, 11) is 0. The summed E-state index contributed by atoms with van der Waals surface area (Å²) in [6.45, 7) is 0. The second kappa shape index (κ2) is 7.36. The molecule has 0 radical (unpaired) electrons. The number of hydrogen-bond acceptors (Lipinski definition) is 3. The van der Waals surface area contributed by atoms with Gasteiger partial charge in [0.15, 0.2) is 0 Å². The lowest BCUT2D eigenvalue weighted by Gasteiger charge is -2.03. The number of fused-ring (bicyclic) bond motifs is 1. The first-order valence-corrected chi connectivity index (χ1v) is 8.61. The summed E-state index contributed by atoms with van der Waals surface area (Å²) in [6, 6.07) is 18.1. The van der Waals surface area contributed by atoms with E-state index in [0.29, 0.717) is 22.4 Å². The molecule has 4 aromatic rings. The standard InChI is InChI=1S/C22H16FN3O2/c23-17-6-3-5-15(12-17)21-18-13-16(8-9-19(18)25-26-21)22(28)24-11-10-14-4-1-2-7-20(14)27/h1-13,27H,(H,24,28)(H,25,26). The van der Waals surface area contributed by atoms with Gasteiger partial charge in [-0.3, -0.25) is 9.89 Å². The number of nitrogens with zero attached hydrogens (tertiary/aromatic N) is 1. The van der Waals surface area contributed by atoms with E-state index >= 15 is 0 Å². The Morgan fingerprint density at radius 3 is 2.75 bits per heavy atom. The van der Waals surface area contributed by atoms with Crippen LogP contribution in [0.15, 0.2) is 72.9 Å². The normalized spacial score (nSPS) is 11.2. The number of rotatable bonds is 4. The van der Waals surface area contributed by atoms with Crippen molar-refractivity contribution in [2.24, 2.45) is 0 Å². The molecule has 3 aromatic carbocycles. The van der Waals surface area contributed by atoms with Gasteiger partial charge < -0.3 is 10.4 Å². The number of H-pyrrole nitrogens is 1. The molecule has 1 amide bonds. The SMILES string of the molecule is O=C(NC=Cc1ccccc1O)c1ccc2[nH]nc(-c3cccc(F)c3)c2c1. The summed E-state index contributed by atoms with van der Waals surface area (Å²) in [6.07, 6.45) is 3.09. The Morgan fingerprint density at radius 1 is 1.07 bits per heavy atom. The molecule has 0 unspecified atom stereocenters. The van der Waals surface area contributed by atoms with Gasteiger partial charge in [-0.25, -0.2) is 4.39 Å². The van der Waals surface area contributed by atoms with Gasteiger partial charge in [0.1, 0.15) is 17.3 Å². The number of carbonyl (C=O) groups excluding carboxylic acids is 1. The van der Waals surface area contributed by atoms with Crippen molar-refractivity contribution in [3.05, 3.63) is 89.9 Å². The van der Waals surface area contributed by atoms with E-state index in [1.54, 1.807) is 60.7 Å². The van der Waals surface area contributed by atoms with E-state index in [1.165, 1.54) is 18.3 Å². The maximum Gasteiger partial charge on any atom is 0.255 e. The van der Waals surface area contributed by atoms with Crippen molar-refractivity contribution < 1.29 is 14.3 Å². The average molecular weight is 373 g/mol. The number of hydrogen-bond donors (Lipinski definition) is 3. The number of aromatic hydroxyl groups is 1. The van der Waals surface area contributed by atoms with E-state index in [1.807, 2.05) is 0 Å². The topological polar surface area (TPSA) is 78.0 Å². The lowest BCUT2D eigenvalue weighted by atomic mass is 10.1. The zero-order valence-corrected chi connectivity index (χ0v) is 14.7. The number of phenolic OH excluding ortho intramolecular Hbond substituents is 1. The molecule has 0 atom stereocenters. The van der Waals surface area contributed by atoms with E-state index in [0.717, 1.165) is 10.9 Å². The van der Waals surface area contributed by atoms with Gasteiger partial charge in [0, 0.05) is 28.3 Å². The van der Waals surface area contributed by atoms with Crippen molar-refractivity contribution in [3.8, 4) is 17.0 Å². The van der Waals surface area contributed by atoms with Crippen LogP contribution in [0, 0.1) is 5.82 Å². The highest BCUT2D eigenvalue weighted by Crippen LogP contribution is 2.27. The number of carbonyl (C=O) groups is 1. The predicted molar refractivity (Wildman–Crippen MR) is 106 cm³/mol. The Bertz CT molecular complexity index is 1200. The van der Waals surface area contributed by atoms with E-state index in [-0.39, 0.29) is 17.5 Å². The van der Waals surface area contributed by atoms with Crippen molar-refractivity contribution in [1.82, 2.24) is 15.5 Å². The van der Waals surface area contributed by atoms with Crippen LogP contribution in [0.25, 0.3) is 28.2 Å². The summed E-state index contributed by atoms with van der Waals surface area (Å²) < 4.78 is 13.5. The maximum absolute atomic E-state index is 13.5. The van der Waals surface area contributed by atoms with E-state index in [9.17, 15) is 14.3 Å². The molecule has 0 fully saturated rings. The molecular formula is C22H16FN3O2. The van der Waals surface area contributed by atoms with E-state index < -0.39 is 0 Å². The van der Waals surface area contributed by atoms with Crippen LogP contribution >= 0.6 is 0 Å². The smallest absolute Gasteiger partial charge is 0.255 e. The van der Waals surface area contributed by atoms with Crippen LogP contribution in [0.2, 0.25) is 0 Å². The third-order valence-corrected chi connectivity index (χ3v) is 4.34. The Hall–Kier alpha value is -3.93. The van der Waals surface area contributed by atoms with Gasteiger partial charge in [0.2, 0.25) is 0 Å². The van der Waals surface area contributed by atoms with E-state index in [2.05, 4.69) is 15.5 Å². The average Bonchev–Trinajstić information content (AvgIpc) is 3.12. The molecular weight excluding hydrogens is 357 g/mol. The molecule has 0 aliphatic heterocycles. The number of aromatic amines is 1. The number of nitrogens with one attached hydrogen (secondary N) is 2. The number of aromatic nitrogens is 2. The first-order valence-electron chi connectivity index (χ1n) is 8.61. The maximum atomic E-state index is 13.5. The van der Waals surface area contributed by atoms with Gasteiger partial charge in [-0.2, -0.15) is 5.10 Å². The molecule has 0 bridgehead atoms. The minimum Gasteiger partial charge on any atom is -0.507 e. The quantitative estimate of drug-likeness (QED) is 0.494. The number of amides is 1. The predicted octanol–water partition coefficient (Wildman–Crippen LogP) is 4.48. The highest BCUT2D eigenvalue weighted by atomic mass is 19.1. The van der Waals surface area contributed by atoms with Gasteiger partial charge in [0.25, 0.3) is 5.91 Å². The fourth-order valence-electron chi connectivity index (χ4n) is 2.93. The third-order valence-electron chi connectivity index (χ3n) is 4.34. The van der Waals surface area contributed by atoms with Crippen molar-refractivity contribution in [1.29, 1.82) is 0 Å². The Labute approximate surface area is 160 Å². The number of benzene rings is 3. The minimum atomic E-state index is -0.350. The zero-order chi connectivity index (χ0) is 19.5. The largest absolute Gasteiger partial charge is 0.507 e. The summed E-state index contributed by atoms with van der Waals surface area (Å²) in [5.41, 5.74) is 2.99. The summed E-state index contributed by atoms with van der Waals surface area (Å²) in [4.78, 5) is 12.5. The summed E-state index contributed by atoms with van der Waals surface area (Å²) >= 11 is 0. The van der Waals surface area contributed by atoms with Gasteiger partial charge in [-0.05, 0) is 42.5 Å². The zero-order valence-electron chi connectivity index (χ0n) is 14.7. The molecule has 6 heteroatoms.